The molecule has 2 N–H and O–H groups in total. The van der Waals surface area contributed by atoms with Gasteiger partial charge in [0, 0.05) is 38.4 Å². The number of nitrogens with zero attached hydrogens (tertiary/aromatic N) is 3. The lowest BCUT2D eigenvalue weighted by molar-refractivity contribution is -0.176. The quantitative estimate of drug-likeness (QED) is 0.423. The highest BCUT2D eigenvalue weighted by Gasteiger charge is 2.57. The first-order chi connectivity index (χ1) is 10.3. The number of hydrogen-bond donors (Lipinski definition) is 2. The standard InChI is InChI=1S/C16H29N5O.HI/c1-12-10-19-21(11-12)8-7-18-14(17-5)20-13-9-16(4,22-6)15(13,2)3;/h10-11,13H,7-9H2,1-6H3,(H2,17,18,20);1H. The Morgan fingerprint density at radius 3 is 2.65 bits per heavy atom. The lowest BCUT2D eigenvalue weighted by Crippen LogP contribution is -2.69. The van der Waals surface area contributed by atoms with Crippen molar-refractivity contribution in [2.75, 3.05) is 20.7 Å². The number of aliphatic imine (C=N–C) groups is 1. The van der Waals surface area contributed by atoms with E-state index in [0.29, 0.717) is 6.04 Å². The van der Waals surface area contributed by atoms with Crippen molar-refractivity contribution >= 4 is 29.9 Å². The molecular weight excluding hydrogens is 405 g/mol. The zero-order valence-corrected chi connectivity index (χ0v) is 17.3. The molecule has 1 aromatic rings. The highest BCUT2D eigenvalue weighted by Crippen LogP contribution is 2.51. The average molecular weight is 435 g/mol. The van der Waals surface area contributed by atoms with E-state index in [1.807, 2.05) is 24.0 Å². The number of guanidine groups is 1. The Labute approximate surface area is 156 Å². The van der Waals surface area contributed by atoms with Crippen LogP contribution in [0.4, 0.5) is 0 Å². The van der Waals surface area contributed by atoms with Gasteiger partial charge < -0.3 is 15.4 Å². The fraction of sp³-hybridized carbons (Fsp3) is 0.750. The van der Waals surface area contributed by atoms with Crippen LogP contribution in [-0.2, 0) is 11.3 Å². The van der Waals surface area contributed by atoms with Gasteiger partial charge in [0.05, 0.1) is 18.3 Å². The summed E-state index contributed by atoms with van der Waals surface area (Å²) in [4.78, 5) is 4.31. The molecule has 7 heteroatoms. The molecule has 1 fully saturated rings. The molecule has 2 rings (SSSR count). The van der Waals surface area contributed by atoms with Crippen LogP contribution in [0.2, 0.25) is 0 Å². The number of hydrogen-bond acceptors (Lipinski definition) is 3. The van der Waals surface area contributed by atoms with Crippen LogP contribution in [0.15, 0.2) is 17.4 Å². The molecule has 0 bridgehead atoms. The van der Waals surface area contributed by atoms with Gasteiger partial charge in [-0.15, -0.1) is 24.0 Å². The van der Waals surface area contributed by atoms with E-state index in [2.05, 4.69) is 41.5 Å². The Hall–Kier alpha value is -0.830. The van der Waals surface area contributed by atoms with E-state index in [0.717, 1.165) is 25.5 Å². The van der Waals surface area contributed by atoms with E-state index in [1.165, 1.54) is 5.56 Å². The maximum atomic E-state index is 5.66. The van der Waals surface area contributed by atoms with Gasteiger partial charge in [0.1, 0.15) is 0 Å². The first kappa shape index (κ1) is 20.2. The molecule has 0 amide bonds. The molecule has 2 atom stereocenters. The zero-order chi connectivity index (χ0) is 16.4. The van der Waals surface area contributed by atoms with Crippen molar-refractivity contribution in [2.24, 2.45) is 10.4 Å². The van der Waals surface area contributed by atoms with E-state index in [9.17, 15) is 0 Å². The van der Waals surface area contributed by atoms with Crippen molar-refractivity contribution in [1.29, 1.82) is 0 Å². The summed E-state index contributed by atoms with van der Waals surface area (Å²) in [5, 5.41) is 11.1. The third-order valence-electron chi connectivity index (χ3n) is 5.21. The minimum Gasteiger partial charge on any atom is -0.378 e. The fourth-order valence-corrected chi connectivity index (χ4v) is 2.96. The van der Waals surface area contributed by atoms with Gasteiger partial charge in [0.2, 0.25) is 0 Å². The molecule has 1 aliphatic carbocycles. The molecule has 23 heavy (non-hydrogen) atoms. The van der Waals surface area contributed by atoms with Crippen molar-refractivity contribution in [1.82, 2.24) is 20.4 Å². The summed E-state index contributed by atoms with van der Waals surface area (Å²) in [6.45, 7) is 10.3. The molecule has 2 unspecified atom stereocenters. The third kappa shape index (κ3) is 4.17. The van der Waals surface area contributed by atoms with Gasteiger partial charge >= 0.3 is 0 Å². The maximum Gasteiger partial charge on any atom is 0.191 e. The Balaban J connectivity index is 0.00000264. The second kappa shape index (κ2) is 7.83. The monoisotopic (exact) mass is 435 g/mol. The third-order valence-corrected chi connectivity index (χ3v) is 5.21. The molecule has 6 nitrogen and oxygen atoms in total. The maximum absolute atomic E-state index is 5.66. The molecule has 1 heterocycles. The number of halogens is 1. The number of ether oxygens (including phenoxy) is 1. The summed E-state index contributed by atoms with van der Waals surface area (Å²) in [5.74, 6) is 0.833. The first-order valence-electron chi connectivity index (χ1n) is 7.84. The minimum atomic E-state index is -0.0733. The van der Waals surface area contributed by atoms with Crippen LogP contribution >= 0.6 is 24.0 Å². The predicted octanol–water partition coefficient (Wildman–Crippen LogP) is 2.18. The van der Waals surface area contributed by atoms with Gasteiger partial charge in [-0.25, -0.2) is 0 Å². The fourth-order valence-electron chi connectivity index (χ4n) is 2.96. The smallest absolute Gasteiger partial charge is 0.191 e. The van der Waals surface area contributed by atoms with Crippen molar-refractivity contribution in [3.8, 4) is 0 Å². The van der Waals surface area contributed by atoms with Gasteiger partial charge in [-0.1, -0.05) is 13.8 Å². The highest BCUT2D eigenvalue weighted by molar-refractivity contribution is 14.0. The zero-order valence-electron chi connectivity index (χ0n) is 15.0. The molecule has 1 aromatic heterocycles. The van der Waals surface area contributed by atoms with Crippen LogP contribution in [0.25, 0.3) is 0 Å². The number of methoxy groups -OCH3 is 1. The van der Waals surface area contributed by atoms with Gasteiger partial charge in [-0.05, 0) is 25.8 Å². The molecule has 0 saturated heterocycles. The minimum absolute atomic E-state index is 0. The van der Waals surface area contributed by atoms with Gasteiger partial charge in [-0.2, -0.15) is 5.10 Å². The number of aromatic nitrogens is 2. The Kier molecular flexibility index (Phi) is 6.88. The van der Waals surface area contributed by atoms with E-state index >= 15 is 0 Å². The van der Waals surface area contributed by atoms with Gasteiger partial charge in [0.25, 0.3) is 0 Å². The van der Waals surface area contributed by atoms with Crippen molar-refractivity contribution in [3.63, 3.8) is 0 Å². The van der Waals surface area contributed by atoms with E-state index in [1.54, 1.807) is 14.2 Å². The van der Waals surface area contributed by atoms with Crippen LogP contribution in [0.3, 0.4) is 0 Å². The number of rotatable bonds is 5. The Bertz CT molecular complexity index is 542. The molecule has 1 aliphatic rings. The second-order valence-corrected chi connectivity index (χ2v) is 6.84. The Morgan fingerprint density at radius 1 is 1.48 bits per heavy atom. The lowest BCUT2D eigenvalue weighted by atomic mass is 9.56. The molecule has 132 valence electrons. The van der Waals surface area contributed by atoms with E-state index in [-0.39, 0.29) is 35.0 Å². The summed E-state index contributed by atoms with van der Waals surface area (Å²) >= 11 is 0. The summed E-state index contributed by atoms with van der Waals surface area (Å²) in [6, 6.07) is 0.357. The Morgan fingerprint density at radius 2 is 2.17 bits per heavy atom. The molecular formula is C16H30IN5O. The van der Waals surface area contributed by atoms with Crippen molar-refractivity contribution in [3.05, 3.63) is 18.0 Å². The first-order valence-corrected chi connectivity index (χ1v) is 7.84. The highest BCUT2D eigenvalue weighted by atomic mass is 127. The van der Waals surface area contributed by atoms with Gasteiger partial charge in [0.15, 0.2) is 5.96 Å². The van der Waals surface area contributed by atoms with Crippen LogP contribution in [0.5, 0.6) is 0 Å². The normalized spacial score (nSPS) is 26.2. The summed E-state index contributed by atoms with van der Waals surface area (Å²) in [5.41, 5.74) is 1.17. The van der Waals surface area contributed by atoms with Crippen LogP contribution in [0.1, 0.15) is 32.8 Å². The average Bonchev–Trinajstić information content (AvgIpc) is 2.90. The molecule has 1 saturated carbocycles. The van der Waals surface area contributed by atoms with Crippen LogP contribution in [0, 0.1) is 12.3 Å². The van der Waals surface area contributed by atoms with Crippen LogP contribution in [-0.4, -0.2) is 48.1 Å². The summed E-state index contributed by atoms with van der Waals surface area (Å²) < 4.78 is 7.60. The predicted molar refractivity (Wildman–Crippen MR) is 104 cm³/mol. The van der Waals surface area contributed by atoms with E-state index in [4.69, 9.17) is 4.74 Å². The molecule has 0 aliphatic heterocycles. The topological polar surface area (TPSA) is 63.5 Å². The summed E-state index contributed by atoms with van der Waals surface area (Å²) in [7, 11) is 3.59. The molecule has 0 radical (unpaired) electrons. The lowest BCUT2D eigenvalue weighted by Gasteiger charge is -2.59. The van der Waals surface area contributed by atoms with E-state index < -0.39 is 0 Å². The van der Waals surface area contributed by atoms with Crippen molar-refractivity contribution in [2.45, 2.75) is 52.3 Å². The van der Waals surface area contributed by atoms with Crippen molar-refractivity contribution < 1.29 is 4.74 Å². The second-order valence-electron chi connectivity index (χ2n) is 6.84. The molecule has 0 spiro atoms. The molecule has 0 aromatic carbocycles. The van der Waals surface area contributed by atoms with Crippen LogP contribution < -0.4 is 10.6 Å². The number of nitrogens with one attached hydrogen (secondary N) is 2. The summed E-state index contributed by atoms with van der Waals surface area (Å²) in [6.07, 6.45) is 4.89. The number of aryl methyl sites for hydroxylation is 1. The SMILES string of the molecule is CN=C(NCCn1cc(C)cn1)NC1CC(C)(OC)C1(C)C.I. The largest absolute Gasteiger partial charge is 0.378 e. The van der Waals surface area contributed by atoms with Gasteiger partial charge in [-0.3, -0.25) is 9.67 Å².